The normalized spacial score (nSPS) is 13.7. The zero-order chi connectivity index (χ0) is 13.7. The van der Waals surface area contributed by atoms with Crippen LogP contribution in [0.3, 0.4) is 0 Å². The molecule has 0 spiro atoms. The maximum Gasteiger partial charge on any atom is 0.220 e. The van der Waals surface area contributed by atoms with Crippen LogP contribution in [0.4, 0.5) is 4.39 Å². The van der Waals surface area contributed by atoms with Crippen LogP contribution in [0.1, 0.15) is 23.7 Å². The van der Waals surface area contributed by atoms with Gasteiger partial charge in [0.25, 0.3) is 0 Å². The van der Waals surface area contributed by atoms with Gasteiger partial charge in [-0.15, -0.1) is 0 Å². The van der Waals surface area contributed by atoms with E-state index in [4.69, 9.17) is 11.0 Å². The highest BCUT2D eigenvalue weighted by atomic mass is 19.1. The molecule has 18 heavy (non-hydrogen) atoms. The van der Waals surface area contributed by atoms with E-state index in [0.717, 1.165) is 6.07 Å². The van der Waals surface area contributed by atoms with Gasteiger partial charge in [-0.3, -0.25) is 4.79 Å². The minimum Gasteiger partial charge on any atom is -0.390 e. The Labute approximate surface area is 103 Å². The second-order valence-electron chi connectivity index (χ2n) is 3.87. The summed E-state index contributed by atoms with van der Waals surface area (Å²) in [5.74, 6) is -1.51. The summed E-state index contributed by atoms with van der Waals surface area (Å²) >= 11 is 0. The lowest BCUT2D eigenvalue weighted by Gasteiger charge is -2.18. The molecule has 0 radical (unpaired) electrons. The van der Waals surface area contributed by atoms with Crippen LogP contribution in [0.5, 0.6) is 0 Å². The summed E-state index contributed by atoms with van der Waals surface area (Å²) in [6, 6.07) is 5.69. The number of amides is 1. The Balaban J connectivity index is 2.96. The van der Waals surface area contributed by atoms with Gasteiger partial charge >= 0.3 is 0 Å². The molecule has 0 aliphatic heterocycles. The summed E-state index contributed by atoms with van der Waals surface area (Å²) < 4.78 is 13.5. The van der Waals surface area contributed by atoms with Crippen LogP contribution in [0.25, 0.3) is 0 Å². The van der Waals surface area contributed by atoms with Crippen molar-refractivity contribution >= 4 is 5.91 Å². The highest BCUT2D eigenvalue weighted by Crippen LogP contribution is 2.23. The van der Waals surface area contributed by atoms with Gasteiger partial charge in [0.05, 0.1) is 25.0 Å². The Hall–Kier alpha value is -1.97. The Morgan fingerprint density at radius 3 is 2.72 bits per heavy atom. The molecule has 0 heterocycles. The van der Waals surface area contributed by atoms with E-state index in [-0.39, 0.29) is 12.0 Å². The Bertz CT molecular complexity index is 485. The minimum atomic E-state index is -1.56. The standard InChI is InChI=1S/C12H13FN2O3/c13-9-2-1-7(3-4-14)5-8(9)12(18)10(16)6-11(15)17/h1-2,5,10,12,16,18H,3,6H2,(H2,15,17). The van der Waals surface area contributed by atoms with Gasteiger partial charge < -0.3 is 15.9 Å². The predicted octanol–water partition coefficient (Wildman–Crippen LogP) is 0.161. The highest BCUT2D eigenvalue weighted by molar-refractivity contribution is 5.74. The van der Waals surface area contributed by atoms with Gasteiger partial charge in [-0.25, -0.2) is 4.39 Å². The molecule has 96 valence electrons. The largest absolute Gasteiger partial charge is 0.390 e. The lowest BCUT2D eigenvalue weighted by atomic mass is 9.98. The highest BCUT2D eigenvalue weighted by Gasteiger charge is 2.23. The number of halogens is 1. The lowest BCUT2D eigenvalue weighted by molar-refractivity contribution is -0.121. The third kappa shape index (κ3) is 3.52. The fraction of sp³-hybridized carbons (Fsp3) is 0.333. The maximum atomic E-state index is 13.5. The SMILES string of the molecule is N#CCc1ccc(F)c(C(O)C(O)CC(N)=O)c1. The molecule has 1 amide bonds. The molecule has 2 unspecified atom stereocenters. The van der Waals surface area contributed by atoms with E-state index in [1.807, 2.05) is 6.07 Å². The molecule has 6 heteroatoms. The van der Waals surface area contributed by atoms with Crippen molar-refractivity contribution in [3.63, 3.8) is 0 Å². The first-order valence-corrected chi connectivity index (χ1v) is 5.25. The van der Waals surface area contributed by atoms with E-state index in [2.05, 4.69) is 0 Å². The van der Waals surface area contributed by atoms with Gasteiger partial charge in [0.2, 0.25) is 5.91 Å². The number of hydrogen-bond donors (Lipinski definition) is 3. The summed E-state index contributed by atoms with van der Waals surface area (Å²) in [4.78, 5) is 10.6. The Kier molecular flexibility index (Phi) is 4.77. The van der Waals surface area contributed by atoms with Crippen molar-refractivity contribution < 1.29 is 19.4 Å². The van der Waals surface area contributed by atoms with E-state index in [9.17, 15) is 19.4 Å². The number of hydrogen-bond acceptors (Lipinski definition) is 4. The molecule has 1 aromatic carbocycles. The van der Waals surface area contributed by atoms with Crippen LogP contribution in [-0.4, -0.2) is 22.2 Å². The number of carbonyl (C=O) groups excluding carboxylic acids is 1. The van der Waals surface area contributed by atoms with Crippen molar-refractivity contribution in [2.75, 3.05) is 0 Å². The summed E-state index contributed by atoms with van der Waals surface area (Å²) in [5, 5.41) is 27.8. The van der Waals surface area contributed by atoms with Crippen LogP contribution in [0.2, 0.25) is 0 Å². The number of carbonyl (C=O) groups is 1. The topological polar surface area (TPSA) is 107 Å². The number of nitriles is 1. The van der Waals surface area contributed by atoms with E-state index in [1.54, 1.807) is 0 Å². The predicted molar refractivity (Wildman–Crippen MR) is 60.5 cm³/mol. The number of nitrogens with zero attached hydrogens (tertiary/aromatic N) is 1. The number of rotatable bonds is 5. The third-order valence-electron chi connectivity index (χ3n) is 2.44. The monoisotopic (exact) mass is 252 g/mol. The Morgan fingerprint density at radius 2 is 2.17 bits per heavy atom. The minimum absolute atomic E-state index is 0.0614. The molecule has 4 N–H and O–H groups in total. The first-order valence-electron chi connectivity index (χ1n) is 5.25. The summed E-state index contributed by atoms with van der Waals surface area (Å²) in [5.41, 5.74) is 5.24. The zero-order valence-electron chi connectivity index (χ0n) is 9.51. The second-order valence-corrected chi connectivity index (χ2v) is 3.87. The summed E-state index contributed by atoms with van der Waals surface area (Å²) in [6.45, 7) is 0. The number of primary amides is 1. The fourth-order valence-corrected chi connectivity index (χ4v) is 1.55. The van der Waals surface area contributed by atoms with Crippen molar-refractivity contribution in [1.29, 1.82) is 5.26 Å². The molecule has 0 saturated heterocycles. The van der Waals surface area contributed by atoms with E-state index in [0.29, 0.717) is 5.56 Å². The van der Waals surface area contributed by atoms with Crippen molar-refractivity contribution in [2.45, 2.75) is 25.0 Å². The maximum absolute atomic E-state index is 13.5. The molecule has 1 aromatic rings. The number of aliphatic hydroxyl groups excluding tert-OH is 2. The van der Waals surface area contributed by atoms with Gasteiger partial charge in [0, 0.05) is 5.56 Å². The van der Waals surface area contributed by atoms with Crippen LogP contribution in [-0.2, 0) is 11.2 Å². The molecular weight excluding hydrogens is 239 g/mol. The van der Waals surface area contributed by atoms with Crippen LogP contribution >= 0.6 is 0 Å². The second kappa shape index (κ2) is 6.10. The van der Waals surface area contributed by atoms with Crippen LogP contribution in [0, 0.1) is 17.1 Å². The molecule has 0 aliphatic carbocycles. The summed E-state index contributed by atoms with van der Waals surface area (Å²) in [6.07, 6.45) is -3.44. The molecule has 0 saturated carbocycles. The van der Waals surface area contributed by atoms with Gasteiger partial charge in [0.15, 0.2) is 0 Å². The van der Waals surface area contributed by atoms with Crippen LogP contribution in [0.15, 0.2) is 18.2 Å². The average molecular weight is 252 g/mol. The number of nitrogens with two attached hydrogens (primary N) is 1. The van der Waals surface area contributed by atoms with E-state index in [1.165, 1.54) is 12.1 Å². The molecule has 0 fully saturated rings. The average Bonchev–Trinajstić information content (AvgIpc) is 2.30. The molecule has 5 nitrogen and oxygen atoms in total. The molecule has 0 bridgehead atoms. The van der Waals surface area contributed by atoms with Gasteiger partial charge in [-0.1, -0.05) is 6.07 Å². The van der Waals surface area contributed by atoms with Crippen LogP contribution < -0.4 is 5.73 Å². The van der Waals surface area contributed by atoms with Crippen molar-refractivity contribution in [3.8, 4) is 6.07 Å². The quantitative estimate of drug-likeness (QED) is 0.693. The van der Waals surface area contributed by atoms with Crippen molar-refractivity contribution in [1.82, 2.24) is 0 Å². The van der Waals surface area contributed by atoms with Gasteiger partial charge in [0.1, 0.15) is 11.9 Å². The summed E-state index contributed by atoms with van der Waals surface area (Å²) in [7, 11) is 0. The number of benzene rings is 1. The van der Waals surface area contributed by atoms with E-state index < -0.39 is 30.4 Å². The number of aliphatic hydroxyl groups is 2. The molecular formula is C12H13FN2O3. The van der Waals surface area contributed by atoms with Crippen molar-refractivity contribution in [3.05, 3.63) is 35.1 Å². The lowest BCUT2D eigenvalue weighted by Crippen LogP contribution is -2.26. The third-order valence-corrected chi connectivity index (χ3v) is 2.44. The first kappa shape index (κ1) is 14.1. The molecule has 2 atom stereocenters. The van der Waals surface area contributed by atoms with Crippen molar-refractivity contribution in [2.24, 2.45) is 5.73 Å². The molecule has 0 aromatic heterocycles. The zero-order valence-corrected chi connectivity index (χ0v) is 9.51. The molecule has 1 rings (SSSR count). The first-order chi connectivity index (χ1) is 8.45. The Morgan fingerprint density at radius 1 is 1.50 bits per heavy atom. The smallest absolute Gasteiger partial charge is 0.220 e. The fourth-order valence-electron chi connectivity index (χ4n) is 1.55. The van der Waals surface area contributed by atoms with E-state index >= 15 is 0 Å². The van der Waals surface area contributed by atoms with Gasteiger partial charge in [-0.05, 0) is 17.7 Å². The molecule has 0 aliphatic rings. The van der Waals surface area contributed by atoms with Gasteiger partial charge in [-0.2, -0.15) is 5.26 Å².